The predicted molar refractivity (Wildman–Crippen MR) is 40.1 cm³/mol. The van der Waals surface area contributed by atoms with Gasteiger partial charge in [-0.2, -0.15) is 0 Å². The molecule has 0 bridgehead atoms. The molecule has 1 rings (SSSR count). The molecule has 1 atom stereocenters. The van der Waals surface area contributed by atoms with E-state index >= 15 is 0 Å². The molecule has 62 valence electrons. The van der Waals surface area contributed by atoms with Crippen LogP contribution in [0.3, 0.4) is 0 Å². The summed E-state index contributed by atoms with van der Waals surface area (Å²) in [6.07, 6.45) is 0.442. The highest BCUT2D eigenvalue weighted by atomic mass is 16.7. The highest BCUT2D eigenvalue weighted by Gasteiger charge is 2.33. The zero-order chi connectivity index (χ0) is 8.48. The molecule has 0 N–H and O–H groups in total. The lowest BCUT2D eigenvalue weighted by molar-refractivity contribution is -0.135. The van der Waals surface area contributed by atoms with E-state index in [9.17, 15) is 4.79 Å². The van der Waals surface area contributed by atoms with Gasteiger partial charge in [0, 0.05) is 5.57 Å². The van der Waals surface area contributed by atoms with Crippen molar-refractivity contribution in [2.24, 2.45) is 0 Å². The molecule has 0 aromatic rings. The quantitative estimate of drug-likeness (QED) is 0.440. The fraction of sp³-hybridized carbons (Fsp3) is 0.625. The summed E-state index contributed by atoms with van der Waals surface area (Å²) in [5, 5.41) is 0. The van der Waals surface area contributed by atoms with Gasteiger partial charge in [-0.05, 0) is 13.8 Å². The fourth-order valence-electron chi connectivity index (χ4n) is 0.946. The van der Waals surface area contributed by atoms with Crippen molar-refractivity contribution in [2.45, 2.75) is 25.7 Å². The maximum absolute atomic E-state index is 10.3. The first-order valence-corrected chi connectivity index (χ1v) is 3.51. The van der Waals surface area contributed by atoms with Gasteiger partial charge in [-0.15, -0.1) is 0 Å². The van der Waals surface area contributed by atoms with Crippen molar-refractivity contribution in [1.29, 1.82) is 0 Å². The Morgan fingerprint density at radius 2 is 2.36 bits per heavy atom. The Balaban J connectivity index is 2.54. The van der Waals surface area contributed by atoms with E-state index in [1.807, 2.05) is 13.8 Å². The first-order valence-electron chi connectivity index (χ1n) is 3.51. The lowest BCUT2D eigenvalue weighted by Gasteiger charge is -2.16. The van der Waals surface area contributed by atoms with Gasteiger partial charge < -0.3 is 9.47 Å². The van der Waals surface area contributed by atoms with Crippen LogP contribution < -0.4 is 0 Å². The molecule has 3 nitrogen and oxygen atoms in total. The van der Waals surface area contributed by atoms with Crippen molar-refractivity contribution < 1.29 is 14.3 Å². The lowest BCUT2D eigenvalue weighted by atomic mass is 10.2. The Bertz CT molecular complexity index is 184. The third-order valence-electron chi connectivity index (χ3n) is 1.57. The second-order valence-corrected chi connectivity index (χ2v) is 3.01. The molecular weight excluding hydrogens is 144 g/mol. The standard InChI is InChI=1S/C8H12O3/c1-6(4-9)7-5-10-8(2,3)11-7/h4,7H,1,5H2,2-3H3/t7-/m1/s1. The monoisotopic (exact) mass is 156 g/mol. The summed E-state index contributed by atoms with van der Waals surface area (Å²) in [6, 6.07) is 0. The number of aldehydes is 1. The molecule has 1 heterocycles. The molecule has 0 saturated carbocycles. The normalized spacial score (nSPS) is 28.4. The summed E-state index contributed by atoms with van der Waals surface area (Å²) in [6.45, 7) is 7.59. The Morgan fingerprint density at radius 1 is 1.73 bits per heavy atom. The maximum Gasteiger partial charge on any atom is 0.163 e. The minimum atomic E-state index is -0.573. The van der Waals surface area contributed by atoms with Gasteiger partial charge in [-0.3, -0.25) is 4.79 Å². The van der Waals surface area contributed by atoms with Crippen molar-refractivity contribution >= 4 is 6.29 Å². The van der Waals surface area contributed by atoms with Gasteiger partial charge in [0.05, 0.1) is 6.61 Å². The molecular formula is C8H12O3. The van der Waals surface area contributed by atoms with E-state index in [0.29, 0.717) is 18.5 Å². The molecule has 0 aromatic heterocycles. The average molecular weight is 156 g/mol. The average Bonchev–Trinajstić information content (AvgIpc) is 2.29. The fourth-order valence-corrected chi connectivity index (χ4v) is 0.946. The number of hydrogen-bond acceptors (Lipinski definition) is 3. The second kappa shape index (κ2) is 2.75. The first-order chi connectivity index (χ1) is 5.05. The molecule has 1 aliphatic rings. The Morgan fingerprint density at radius 3 is 2.73 bits per heavy atom. The summed E-state index contributed by atoms with van der Waals surface area (Å²) in [4.78, 5) is 10.3. The summed E-state index contributed by atoms with van der Waals surface area (Å²) in [5.74, 6) is -0.573. The van der Waals surface area contributed by atoms with Crippen LogP contribution in [0, 0.1) is 0 Å². The van der Waals surface area contributed by atoms with Crippen molar-refractivity contribution in [2.75, 3.05) is 6.61 Å². The van der Waals surface area contributed by atoms with E-state index in [1.165, 1.54) is 0 Å². The van der Waals surface area contributed by atoms with Crippen LogP contribution in [0.5, 0.6) is 0 Å². The summed E-state index contributed by atoms with van der Waals surface area (Å²) in [7, 11) is 0. The van der Waals surface area contributed by atoms with Crippen LogP contribution >= 0.6 is 0 Å². The largest absolute Gasteiger partial charge is 0.347 e. The van der Waals surface area contributed by atoms with Gasteiger partial charge in [0.25, 0.3) is 0 Å². The zero-order valence-electron chi connectivity index (χ0n) is 6.79. The number of rotatable bonds is 2. The van der Waals surface area contributed by atoms with Crippen molar-refractivity contribution in [3.05, 3.63) is 12.2 Å². The number of hydrogen-bond donors (Lipinski definition) is 0. The van der Waals surface area contributed by atoms with Crippen molar-refractivity contribution in [3.8, 4) is 0 Å². The van der Waals surface area contributed by atoms with Crippen LogP contribution in [0.1, 0.15) is 13.8 Å². The summed E-state index contributed by atoms with van der Waals surface area (Å²) >= 11 is 0. The zero-order valence-corrected chi connectivity index (χ0v) is 6.79. The van der Waals surface area contributed by atoms with Gasteiger partial charge in [0.1, 0.15) is 12.4 Å². The van der Waals surface area contributed by atoms with Crippen LogP contribution in [0.2, 0.25) is 0 Å². The Labute approximate surface area is 66.0 Å². The highest BCUT2D eigenvalue weighted by Crippen LogP contribution is 2.24. The summed E-state index contributed by atoms with van der Waals surface area (Å²) < 4.78 is 10.6. The molecule has 11 heavy (non-hydrogen) atoms. The van der Waals surface area contributed by atoms with Gasteiger partial charge in [0.15, 0.2) is 5.79 Å². The van der Waals surface area contributed by atoms with E-state index in [0.717, 1.165) is 0 Å². The van der Waals surface area contributed by atoms with Crippen LogP contribution in [0.15, 0.2) is 12.2 Å². The molecule has 0 spiro atoms. The highest BCUT2D eigenvalue weighted by molar-refractivity contribution is 5.73. The van der Waals surface area contributed by atoms with E-state index in [4.69, 9.17) is 9.47 Å². The molecule has 1 aliphatic heterocycles. The molecule has 1 fully saturated rings. The maximum atomic E-state index is 10.3. The van der Waals surface area contributed by atoms with Gasteiger partial charge in [-0.1, -0.05) is 6.58 Å². The molecule has 0 aromatic carbocycles. The topological polar surface area (TPSA) is 35.5 Å². The molecule has 1 saturated heterocycles. The van der Waals surface area contributed by atoms with E-state index < -0.39 is 5.79 Å². The molecule has 0 radical (unpaired) electrons. The number of carbonyl (C=O) groups excluding carboxylic acids is 1. The van der Waals surface area contributed by atoms with Crippen molar-refractivity contribution in [3.63, 3.8) is 0 Å². The van der Waals surface area contributed by atoms with Crippen LogP contribution in [-0.4, -0.2) is 24.8 Å². The third-order valence-corrected chi connectivity index (χ3v) is 1.57. The third kappa shape index (κ3) is 1.88. The lowest BCUT2D eigenvalue weighted by Crippen LogP contribution is -2.22. The minimum Gasteiger partial charge on any atom is -0.347 e. The molecule has 0 amide bonds. The van der Waals surface area contributed by atoms with Gasteiger partial charge >= 0.3 is 0 Å². The van der Waals surface area contributed by atoms with Crippen LogP contribution in [0.25, 0.3) is 0 Å². The van der Waals surface area contributed by atoms with Crippen molar-refractivity contribution in [1.82, 2.24) is 0 Å². The Kier molecular flexibility index (Phi) is 2.11. The minimum absolute atomic E-state index is 0.262. The number of ether oxygens (including phenoxy) is 2. The number of carbonyl (C=O) groups is 1. The SMILES string of the molecule is C=C(C=O)[C@H]1COC(C)(C)O1. The van der Waals surface area contributed by atoms with Crippen LogP contribution in [0.4, 0.5) is 0 Å². The first kappa shape index (κ1) is 8.43. The molecule has 0 aliphatic carbocycles. The molecule has 3 heteroatoms. The van der Waals surface area contributed by atoms with Crippen LogP contribution in [-0.2, 0) is 14.3 Å². The van der Waals surface area contributed by atoms with E-state index in [-0.39, 0.29) is 6.10 Å². The molecule has 0 unspecified atom stereocenters. The predicted octanol–water partition coefficient (Wildman–Crippen LogP) is 0.893. The van der Waals surface area contributed by atoms with Gasteiger partial charge in [0.2, 0.25) is 0 Å². The smallest absolute Gasteiger partial charge is 0.163 e. The van der Waals surface area contributed by atoms with Gasteiger partial charge in [-0.25, -0.2) is 0 Å². The van der Waals surface area contributed by atoms with E-state index in [1.54, 1.807) is 0 Å². The summed E-state index contributed by atoms with van der Waals surface area (Å²) in [5.41, 5.74) is 0.440. The van der Waals surface area contributed by atoms with E-state index in [2.05, 4.69) is 6.58 Å². The second-order valence-electron chi connectivity index (χ2n) is 3.01. The Hall–Kier alpha value is -0.670.